The highest BCUT2D eigenvalue weighted by atomic mass is 17.5. The fraction of sp³-hybridized carbons (Fsp3) is 0.875. The Hall–Kier alpha value is -0.610. The zero-order valence-electron chi connectivity index (χ0n) is 7.96. The van der Waals surface area contributed by atoms with Crippen LogP contribution in [0.5, 0.6) is 0 Å². The molecule has 0 heterocycles. The van der Waals surface area contributed by atoms with E-state index in [0.717, 1.165) is 0 Å². The molecule has 0 aliphatic carbocycles. The van der Waals surface area contributed by atoms with Crippen LogP contribution in [0.15, 0.2) is 0 Å². The molecule has 0 aliphatic rings. The number of hydrogen-bond acceptors (Lipinski definition) is 4. The van der Waals surface area contributed by atoms with Crippen LogP contribution in [0, 0.1) is 11.3 Å². The zero-order valence-corrected chi connectivity index (χ0v) is 7.96. The largest absolute Gasteiger partial charge is 0.349 e. The smallest absolute Gasteiger partial charge is 0.269 e. The predicted octanol–water partition coefficient (Wildman–Crippen LogP) is 2.01. The van der Waals surface area contributed by atoms with E-state index in [1.54, 1.807) is 0 Å². The van der Waals surface area contributed by atoms with Gasteiger partial charge in [0.15, 0.2) is 0 Å². The average molecular weight is 176 g/mol. The summed E-state index contributed by atoms with van der Waals surface area (Å²) >= 11 is 0. The summed E-state index contributed by atoms with van der Waals surface area (Å²) in [4.78, 5) is 15.2. The van der Waals surface area contributed by atoms with Gasteiger partial charge in [0.05, 0.1) is 5.92 Å². The van der Waals surface area contributed by atoms with Crippen molar-refractivity contribution in [2.75, 3.05) is 0 Å². The van der Waals surface area contributed by atoms with Crippen molar-refractivity contribution in [3.05, 3.63) is 0 Å². The van der Waals surface area contributed by atoms with E-state index >= 15 is 0 Å². The van der Waals surface area contributed by atoms with E-state index < -0.39 is 5.97 Å². The molecule has 0 amide bonds. The number of carbonyl (C=O) groups is 1. The van der Waals surface area contributed by atoms with Gasteiger partial charge in [0, 0.05) is 0 Å². The monoisotopic (exact) mass is 176 g/mol. The second kappa shape index (κ2) is 4.42. The molecule has 1 unspecified atom stereocenters. The maximum absolute atomic E-state index is 11.1. The second-order valence-corrected chi connectivity index (χ2v) is 3.80. The van der Waals surface area contributed by atoms with E-state index in [-0.39, 0.29) is 11.3 Å². The van der Waals surface area contributed by atoms with Gasteiger partial charge in [-0.05, 0) is 16.9 Å². The van der Waals surface area contributed by atoms with Gasteiger partial charge in [0.1, 0.15) is 0 Å². The van der Waals surface area contributed by atoms with Crippen LogP contribution in [-0.4, -0.2) is 11.2 Å². The lowest BCUT2D eigenvalue weighted by Crippen LogP contribution is -2.29. The van der Waals surface area contributed by atoms with Gasteiger partial charge in [0.2, 0.25) is 0 Å². The number of rotatable bonds is 3. The Balaban J connectivity index is 4.25. The molecule has 0 radical (unpaired) electrons. The fourth-order valence-corrected chi connectivity index (χ4v) is 1.23. The molecule has 72 valence electrons. The number of hydrogen-bond donors (Lipinski definition) is 1. The molecule has 0 rings (SSSR count). The highest BCUT2D eigenvalue weighted by Crippen LogP contribution is 2.29. The SMILES string of the molecule is CCC(C(=O)OOO)C(C)(C)C. The number of carbonyl (C=O) groups excluding carboxylic acids is 1. The lowest BCUT2D eigenvalue weighted by atomic mass is 9.79. The average Bonchev–Trinajstić information content (AvgIpc) is 1.85. The second-order valence-electron chi connectivity index (χ2n) is 3.80. The van der Waals surface area contributed by atoms with Gasteiger partial charge in [-0.25, -0.2) is 10.1 Å². The van der Waals surface area contributed by atoms with Gasteiger partial charge in [0.25, 0.3) is 0 Å². The van der Waals surface area contributed by atoms with Crippen molar-refractivity contribution in [1.82, 2.24) is 0 Å². The van der Waals surface area contributed by atoms with Crippen LogP contribution in [-0.2, 0) is 14.7 Å². The summed E-state index contributed by atoms with van der Waals surface area (Å²) in [6, 6.07) is 0. The maximum atomic E-state index is 11.1. The van der Waals surface area contributed by atoms with E-state index in [9.17, 15) is 4.79 Å². The first kappa shape index (κ1) is 11.4. The zero-order chi connectivity index (χ0) is 9.78. The Bertz CT molecular complexity index is 148. The van der Waals surface area contributed by atoms with Crippen molar-refractivity contribution in [3.8, 4) is 0 Å². The predicted molar refractivity (Wildman–Crippen MR) is 43.0 cm³/mol. The van der Waals surface area contributed by atoms with Crippen LogP contribution in [0.2, 0.25) is 0 Å². The van der Waals surface area contributed by atoms with Gasteiger partial charge in [-0.15, -0.1) is 0 Å². The molecule has 1 N–H and O–H groups in total. The first-order valence-electron chi connectivity index (χ1n) is 3.95. The highest BCUT2D eigenvalue weighted by molar-refractivity contribution is 5.72. The molecule has 4 nitrogen and oxygen atoms in total. The fourth-order valence-electron chi connectivity index (χ4n) is 1.23. The normalized spacial score (nSPS) is 14.1. The van der Waals surface area contributed by atoms with Crippen molar-refractivity contribution in [2.45, 2.75) is 34.1 Å². The summed E-state index contributed by atoms with van der Waals surface area (Å²) in [5, 5.41) is 11.2. The van der Waals surface area contributed by atoms with Gasteiger partial charge < -0.3 is 0 Å². The van der Waals surface area contributed by atoms with Crippen LogP contribution in [0.1, 0.15) is 34.1 Å². The molecule has 4 heteroatoms. The minimum Gasteiger partial charge on any atom is -0.269 e. The van der Waals surface area contributed by atoms with Crippen LogP contribution in [0.4, 0.5) is 0 Å². The first-order valence-corrected chi connectivity index (χ1v) is 3.95. The first-order chi connectivity index (χ1) is 5.43. The van der Waals surface area contributed by atoms with Crippen molar-refractivity contribution in [1.29, 1.82) is 0 Å². The lowest BCUT2D eigenvalue weighted by molar-refractivity contribution is -0.464. The van der Waals surface area contributed by atoms with E-state index in [1.165, 1.54) is 0 Å². The molecule has 12 heavy (non-hydrogen) atoms. The molecular formula is C8H16O4. The van der Waals surface area contributed by atoms with Crippen molar-refractivity contribution >= 4 is 5.97 Å². The van der Waals surface area contributed by atoms with Gasteiger partial charge in [-0.3, -0.25) is 4.89 Å². The molecule has 0 fully saturated rings. The Kier molecular flexibility index (Phi) is 4.20. The summed E-state index contributed by atoms with van der Waals surface area (Å²) in [5.74, 6) is -0.794. The van der Waals surface area contributed by atoms with Crippen LogP contribution >= 0.6 is 0 Å². The molecule has 0 aromatic heterocycles. The third-order valence-corrected chi connectivity index (χ3v) is 1.86. The minimum atomic E-state index is -0.535. The van der Waals surface area contributed by atoms with E-state index in [4.69, 9.17) is 5.26 Å². The van der Waals surface area contributed by atoms with E-state index in [0.29, 0.717) is 6.42 Å². The van der Waals surface area contributed by atoms with Crippen LogP contribution < -0.4 is 0 Å². The quantitative estimate of drug-likeness (QED) is 0.528. The summed E-state index contributed by atoms with van der Waals surface area (Å²) in [7, 11) is 0. The van der Waals surface area contributed by atoms with E-state index in [2.05, 4.69) is 9.93 Å². The molecular weight excluding hydrogens is 160 g/mol. The van der Waals surface area contributed by atoms with Crippen molar-refractivity contribution < 1.29 is 20.0 Å². The Labute approximate surface area is 72.3 Å². The molecule has 0 aromatic carbocycles. The van der Waals surface area contributed by atoms with Crippen LogP contribution in [0.3, 0.4) is 0 Å². The summed E-state index contributed by atoms with van der Waals surface area (Å²) in [5.41, 5.74) is -0.176. The Morgan fingerprint density at radius 3 is 2.25 bits per heavy atom. The standard InChI is InChI=1S/C8H16O4/c1-5-6(8(2,3)4)7(9)11-12-10/h6,10H,5H2,1-4H3. The van der Waals surface area contributed by atoms with Crippen LogP contribution in [0.25, 0.3) is 0 Å². The topological polar surface area (TPSA) is 55.8 Å². The van der Waals surface area contributed by atoms with Gasteiger partial charge >= 0.3 is 5.97 Å². The molecule has 1 atom stereocenters. The molecule has 0 bridgehead atoms. The molecule has 0 aromatic rings. The minimum absolute atomic E-state index is 0.176. The summed E-state index contributed by atoms with van der Waals surface area (Å²) < 4.78 is 0. The Morgan fingerprint density at radius 2 is 2.00 bits per heavy atom. The lowest BCUT2D eigenvalue weighted by Gasteiger charge is -2.26. The molecule has 0 aliphatic heterocycles. The van der Waals surface area contributed by atoms with Gasteiger partial charge in [-0.2, -0.15) is 0 Å². The molecule has 0 saturated heterocycles. The third kappa shape index (κ3) is 3.19. The summed E-state index contributed by atoms with van der Waals surface area (Å²) in [6.45, 7) is 7.67. The van der Waals surface area contributed by atoms with Gasteiger partial charge in [-0.1, -0.05) is 27.7 Å². The van der Waals surface area contributed by atoms with Crippen molar-refractivity contribution in [2.24, 2.45) is 11.3 Å². The Morgan fingerprint density at radius 1 is 1.50 bits per heavy atom. The maximum Gasteiger partial charge on any atom is 0.349 e. The third-order valence-electron chi connectivity index (χ3n) is 1.86. The molecule has 0 saturated carbocycles. The van der Waals surface area contributed by atoms with Crippen molar-refractivity contribution in [3.63, 3.8) is 0 Å². The molecule has 0 spiro atoms. The van der Waals surface area contributed by atoms with E-state index in [1.807, 2.05) is 27.7 Å². The summed E-state index contributed by atoms with van der Waals surface area (Å²) in [6.07, 6.45) is 0.658. The highest BCUT2D eigenvalue weighted by Gasteiger charge is 2.31.